The lowest BCUT2D eigenvalue weighted by atomic mass is 10.2. The summed E-state index contributed by atoms with van der Waals surface area (Å²) in [6.45, 7) is 1.57. The number of nitrogens with zero attached hydrogens (tertiary/aromatic N) is 1. The highest BCUT2D eigenvalue weighted by Crippen LogP contribution is 2.10. The summed E-state index contributed by atoms with van der Waals surface area (Å²) in [7, 11) is 0. The zero-order valence-electron chi connectivity index (χ0n) is 9.43. The van der Waals surface area contributed by atoms with E-state index in [4.69, 9.17) is 16.3 Å². The van der Waals surface area contributed by atoms with Crippen molar-refractivity contribution in [2.24, 2.45) is 0 Å². The van der Waals surface area contributed by atoms with Gasteiger partial charge in [-0.05, 0) is 17.5 Å². The summed E-state index contributed by atoms with van der Waals surface area (Å²) >= 11 is 5.52. The van der Waals surface area contributed by atoms with E-state index in [0.717, 1.165) is 10.9 Å². The number of hydrogen-bond donors (Lipinski definition) is 0. The predicted octanol–water partition coefficient (Wildman–Crippen LogP) is 2.26. The van der Waals surface area contributed by atoms with Gasteiger partial charge in [-0.3, -0.25) is 4.79 Å². The van der Waals surface area contributed by atoms with E-state index in [1.54, 1.807) is 10.6 Å². The van der Waals surface area contributed by atoms with Crippen molar-refractivity contribution in [1.82, 2.24) is 4.57 Å². The number of pyridine rings is 1. The molecule has 1 aromatic heterocycles. The van der Waals surface area contributed by atoms with Crippen LogP contribution in [-0.4, -0.2) is 23.7 Å². The van der Waals surface area contributed by atoms with Gasteiger partial charge in [0.15, 0.2) is 0 Å². The maximum atomic E-state index is 11.8. The molecule has 0 bridgehead atoms. The SMILES string of the molecule is O=c1ccc2ccccc2n1CCOCCCl. The Hall–Kier alpha value is -1.32. The van der Waals surface area contributed by atoms with Crippen molar-refractivity contribution in [2.75, 3.05) is 19.1 Å². The highest BCUT2D eigenvalue weighted by atomic mass is 35.5. The molecule has 0 radical (unpaired) electrons. The fourth-order valence-electron chi connectivity index (χ4n) is 1.79. The van der Waals surface area contributed by atoms with Gasteiger partial charge in [0.2, 0.25) is 0 Å². The van der Waals surface area contributed by atoms with Crippen molar-refractivity contribution in [3.63, 3.8) is 0 Å². The van der Waals surface area contributed by atoms with Gasteiger partial charge in [0, 0.05) is 18.5 Å². The lowest BCUT2D eigenvalue weighted by Gasteiger charge is -2.09. The second kappa shape index (κ2) is 5.84. The minimum Gasteiger partial charge on any atom is -0.378 e. The summed E-state index contributed by atoms with van der Waals surface area (Å²) in [6.07, 6.45) is 0. The van der Waals surface area contributed by atoms with E-state index in [1.165, 1.54) is 0 Å². The number of halogens is 1. The first-order chi connectivity index (χ1) is 8.33. The van der Waals surface area contributed by atoms with Crippen LogP contribution in [0.2, 0.25) is 0 Å². The predicted molar refractivity (Wildman–Crippen MR) is 69.7 cm³/mol. The quantitative estimate of drug-likeness (QED) is 0.603. The normalized spacial score (nSPS) is 10.9. The van der Waals surface area contributed by atoms with E-state index < -0.39 is 0 Å². The molecule has 0 atom stereocenters. The van der Waals surface area contributed by atoms with Gasteiger partial charge < -0.3 is 9.30 Å². The first-order valence-electron chi connectivity index (χ1n) is 5.55. The van der Waals surface area contributed by atoms with E-state index in [0.29, 0.717) is 25.6 Å². The van der Waals surface area contributed by atoms with Gasteiger partial charge in [-0.1, -0.05) is 18.2 Å². The van der Waals surface area contributed by atoms with Gasteiger partial charge in [0.1, 0.15) is 0 Å². The second-order valence-corrected chi connectivity index (χ2v) is 4.06. The molecular formula is C13H14ClNO2. The standard InChI is InChI=1S/C13H14ClNO2/c14-7-9-17-10-8-15-12-4-2-1-3-11(12)5-6-13(15)16/h1-6H,7-10H2. The average Bonchev–Trinajstić information content (AvgIpc) is 2.37. The van der Waals surface area contributed by atoms with Crippen LogP contribution in [0.5, 0.6) is 0 Å². The third-order valence-corrected chi connectivity index (χ3v) is 2.73. The lowest BCUT2D eigenvalue weighted by Crippen LogP contribution is -2.22. The van der Waals surface area contributed by atoms with Crippen molar-refractivity contribution >= 4 is 22.5 Å². The Balaban J connectivity index is 2.25. The molecule has 3 nitrogen and oxygen atoms in total. The lowest BCUT2D eigenvalue weighted by molar-refractivity contribution is 0.141. The summed E-state index contributed by atoms with van der Waals surface area (Å²) < 4.78 is 7.02. The third-order valence-electron chi connectivity index (χ3n) is 2.58. The van der Waals surface area contributed by atoms with Crippen molar-refractivity contribution < 1.29 is 4.74 Å². The van der Waals surface area contributed by atoms with Crippen LogP contribution >= 0.6 is 11.6 Å². The molecule has 4 heteroatoms. The molecule has 0 saturated heterocycles. The molecule has 0 saturated carbocycles. The first-order valence-corrected chi connectivity index (χ1v) is 6.08. The Morgan fingerprint density at radius 3 is 2.76 bits per heavy atom. The Morgan fingerprint density at radius 2 is 1.94 bits per heavy atom. The van der Waals surface area contributed by atoms with Crippen molar-refractivity contribution in [2.45, 2.75) is 6.54 Å². The van der Waals surface area contributed by atoms with E-state index in [1.807, 2.05) is 30.3 Å². The number of para-hydroxylation sites is 1. The molecular weight excluding hydrogens is 238 g/mol. The third kappa shape index (κ3) is 2.87. The van der Waals surface area contributed by atoms with Crippen LogP contribution in [0, 0.1) is 0 Å². The number of ether oxygens (including phenoxy) is 1. The first kappa shape index (κ1) is 12.1. The molecule has 0 fully saturated rings. The van der Waals surface area contributed by atoms with E-state index in [-0.39, 0.29) is 5.56 Å². The van der Waals surface area contributed by atoms with Crippen LogP contribution in [-0.2, 0) is 11.3 Å². The molecule has 0 unspecified atom stereocenters. The number of rotatable bonds is 5. The van der Waals surface area contributed by atoms with E-state index in [9.17, 15) is 4.79 Å². The van der Waals surface area contributed by atoms with Crippen LogP contribution < -0.4 is 5.56 Å². The summed E-state index contributed by atoms with van der Waals surface area (Å²) in [5.41, 5.74) is 0.938. The summed E-state index contributed by atoms with van der Waals surface area (Å²) in [4.78, 5) is 11.8. The molecule has 90 valence electrons. The molecule has 2 aromatic rings. The fraction of sp³-hybridized carbons (Fsp3) is 0.308. The zero-order chi connectivity index (χ0) is 12.1. The highest BCUT2D eigenvalue weighted by Gasteiger charge is 2.01. The monoisotopic (exact) mass is 251 g/mol. The van der Waals surface area contributed by atoms with E-state index in [2.05, 4.69) is 0 Å². The molecule has 0 aliphatic carbocycles. The van der Waals surface area contributed by atoms with Crippen LogP contribution in [0.15, 0.2) is 41.2 Å². The van der Waals surface area contributed by atoms with Gasteiger partial charge in [0.25, 0.3) is 5.56 Å². The molecule has 17 heavy (non-hydrogen) atoms. The molecule has 0 N–H and O–H groups in total. The summed E-state index contributed by atoms with van der Waals surface area (Å²) in [5, 5.41) is 1.06. The summed E-state index contributed by atoms with van der Waals surface area (Å²) in [6, 6.07) is 11.2. The van der Waals surface area contributed by atoms with Crippen molar-refractivity contribution in [3.05, 3.63) is 46.8 Å². The van der Waals surface area contributed by atoms with Crippen molar-refractivity contribution in [3.8, 4) is 0 Å². The van der Waals surface area contributed by atoms with E-state index >= 15 is 0 Å². The Bertz CT molecular complexity index is 550. The minimum absolute atomic E-state index is 0.00169. The van der Waals surface area contributed by atoms with Gasteiger partial charge in [-0.2, -0.15) is 0 Å². The van der Waals surface area contributed by atoms with Crippen molar-refractivity contribution in [1.29, 1.82) is 0 Å². The number of benzene rings is 1. The molecule has 0 aliphatic heterocycles. The smallest absolute Gasteiger partial charge is 0.251 e. The fourth-order valence-corrected chi connectivity index (χ4v) is 1.90. The highest BCUT2D eigenvalue weighted by molar-refractivity contribution is 6.17. The maximum absolute atomic E-state index is 11.8. The number of alkyl halides is 1. The van der Waals surface area contributed by atoms with Crippen LogP contribution in [0.25, 0.3) is 10.9 Å². The summed E-state index contributed by atoms with van der Waals surface area (Å²) in [5.74, 6) is 0.477. The second-order valence-electron chi connectivity index (χ2n) is 3.68. The number of fused-ring (bicyclic) bond motifs is 1. The Labute approximate surface area is 105 Å². The molecule has 0 aliphatic rings. The van der Waals surface area contributed by atoms with Gasteiger partial charge >= 0.3 is 0 Å². The maximum Gasteiger partial charge on any atom is 0.251 e. The average molecular weight is 252 g/mol. The zero-order valence-corrected chi connectivity index (χ0v) is 10.2. The number of hydrogen-bond acceptors (Lipinski definition) is 2. The number of aromatic nitrogens is 1. The molecule has 2 rings (SSSR count). The van der Waals surface area contributed by atoms with Gasteiger partial charge in [-0.15, -0.1) is 11.6 Å². The Kier molecular flexibility index (Phi) is 4.18. The minimum atomic E-state index is -0.00169. The molecule has 1 heterocycles. The molecule has 0 spiro atoms. The Morgan fingerprint density at radius 1 is 1.12 bits per heavy atom. The van der Waals surface area contributed by atoms with Crippen LogP contribution in [0.4, 0.5) is 0 Å². The largest absolute Gasteiger partial charge is 0.378 e. The topological polar surface area (TPSA) is 31.2 Å². The van der Waals surface area contributed by atoms with Gasteiger partial charge in [0.05, 0.1) is 18.7 Å². The van der Waals surface area contributed by atoms with Crippen LogP contribution in [0.3, 0.4) is 0 Å². The molecule has 1 aromatic carbocycles. The van der Waals surface area contributed by atoms with Crippen LogP contribution in [0.1, 0.15) is 0 Å². The molecule has 0 amide bonds. The van der Waals surface area contributed by atoms with Gasteiger partial charge in [-0.25, -0.2) is 0 Å².